The molecule has 0 spiro atoms. The van der Waals surface area contributed by atoms with Crippen LogP contribution in [0.25, 0.3) is 0 Å². The van der Waals surface area contributed by atoms with E-state index in [1.54, 1.807) is 30.4 Å². The molecule has 0 aromatic heterocycles. The van der Waals surface area contributed by atoms with Crippen LogP contribution in [0.5, 0.6) is 17.2 Å². The molecule has 0 bridgehead atoms. The minimum atomic E-state index is -3.34. The van der Waals surface area contributed by atoms with Crippen LogP contribution >= 0.6 is 0 Å². The van der Waals surface area contributed by atoms with Gasteiger partial charge in [0.2, 0.25) is 16.8 Å². The summed E-state index contributed by atoms with van der Waals surface area (Å²) in [6, 6.07) is 5.27. The number of ether oxygens (including phenoxy) is 3. The summed E-state index contributed by atoms with van der Waals surface area (Å²) in [5.41, 5.74) is 0. The van der Waals surface area contributed by atoms with Gasteiger partial charge in [0.15, 0.2) is 11.5 Å². The highest BCUT2D eigenvalue weighted by Crippen LogP contribution is 2.35. The lowest BCUT2D eigenvalue weighted by atomic mass is 10.3. The van der Waals surface area contributed by atoms with Crippen molar-refractivity contribution in [3.8, 4) is 17.2 Å². The fourth-order valence-corrected chi connectivity index (χ4v) is 3.52. The van der Waals surface area contributed by atoms with Gasteiger partial charge in [0, 0.05) is 19.2 Å². The molecular weight excluding hydrogens is 318 g/mol. The summed E-state index contributed by atoms with van der Waals surface area (Å²) >= 11 is 0. The third kappa shape index (κ3) is 4.74. The van der Waals surface area contributed by atoms with Gasteiger partial charge in [-0.3, -0.25) is 0 Å². The predicted octanol–water partition coefficient (Wildman–Crippen LogP) is 2.19. The van der Waals surface area contributed by atoms with Crippen molar-refractivity contribution in [2.45, 2.75) is 6.42 Å². The van der Waals surface area contributed by atoms with Gasteiger partial charge in [-0.1, -0.05) is 12.2 Å². The Labute approximate surface area is 137 Å². The largest absolute Gasteiger partial charge is 0.493 e. The van der Waals surface area contributed by atoms with E-state index in [0.717, 1.165) is 0 Å². The van der Waals surface area contributed by atoms with Gasteiger partial charge in [-0.15, -0.1) is 13.2 Å². The average Bonchev–Trinajstić information content (AvgIpc) is 2.99. The summed E-state index contributed by atoms with van der Waals surface area (Å²) in [4.78, 5) is 0. The molecule has 1 heterocycles. The first-order valence-electron chi connectivity index (χ1n) is 7.29. The molecule has 7 heteroatoms. The predicted molar refractivity (Wildman–Crippen MR) is 88.4 cm³/mol. The molecule has 0 saturated heterocycles. The molecule has 0 unspecified atom stereocenters. The summed E-state index contributed by atoms with van der Waals surface area (Å²) < 4.78 is 41.8. The fourth-order valence-electron chi connectivity index (χ4n) is 2.12. The minimum absolute atomic E-state index is 0.0131. The first-order chi connectivity index (χ1) is 11.1. The van der Waals surface area contributed by atoms with Crippen LogP contribution in [0.2, 0.25) is 0 Å². The second-order valence-electron chi connectivity index (χ2n) is 4.93. The van der Waals surface area contributed by atoms with Crippen molar-refractivity contribution in [3.63, 3.8) is 0 Å². The first-order valence-corrected chi connectivity index (χ1v) is 8.90. The topological polar surface area (TPSA) is 65.1 Å². The summed E-state index contributed by atoms with van der Waals surface area (Å²) in [7, 11) is -3.34. The summed E-state index contributed by atoms with van der Waals surface area (Å²) in [6.07, 6.45) is 3.51. The van der Waals surface area contributed by atoms with Crippen molar-refractivity contribution in [1.29, 1.82) is 0 Å². The van der Waals surface area contributed by atoms with E-state index in [1.165, 1.54) is 4.31 Å². The average molecular weight is 339 g/mol. The number of fused-ring (bicyclic) bond motifs is 1. The highest BCUT2D eigenvalue weighted by molar-refractivity contribution is 7.89. The van der Waals surface area contributed by atoms with Crippen LogP contribution in [0.15, 0.2) is 43.5 Å². The smallest absolute Gasteiger partial charge is 0.231 e. The zero-order valence-corrected chi connectivity index (χ0v) is 13.8. The maximum Gasteiger partial charge on any atom is 0.231 e. The van der Waals surface area contributed by atoms with Gasteiger partial charge in [0.05, 0.1) is 12.4 Å². The van der Waals surface area contributed by atoms with Gasteiger partial charge < -0.3 is 14.2 Å². The summed E-state index contributed by atoms with van der Waals surface area (Å²) in [6.45, 7) is 8.21. The number of rotatable bonds is 10. The highest BCUT2D eigenvalue weighted by atomic mass is 32.2. The van der Waals surface area contributed by atoms with E-state index in [-0.39, 0.29) is 25.6 Å². The van der Waals surface area contributed by atoms with E-state index in [9.17, 15) is 8.42 Å². The molecule has 23 heavy (non-hydrogen) atoms. The Bertz CT molecular complexity index is 646. The Morgan fingerprint density at radius 1 is 1.17 bits per heavy atom. The molecular formula is C16H21NO5S. The fraction of sp³-hybridized carbons (Fsp3) is 0.375. The first kappa shape index (κ1) is 17.4. The zero-order valence-electron chi connectivity index (χ0n) is 12.9. The van der Waals surface area contributed by atoms with Gasteiger partial charge >= 0.3 is 0 Å². The molecule has 0 radical (unpaired) electrons. The Hall–Kier alpha value is -1.99. The van der Waals surface area contributed by atoms with Crippen LogP contribution in [0.3, 0.4) is 0 Å². The van der Waals surface area contributed by atoms with Crippen molar-refractivity contribution in [1.82, 2.24) is 4.31 Å². The second-order valence-corrected chi connectivity index (χ2v) is 7.02. The lowest BCUT2D eigenvalue weighted by molar-refractivity contribution is 0.173. The Kier molecular flexibility index (Phi) is 6.06. The highest BCUT2D eigenvalue weighted by Gasteiger charge is 2.19. The van der Waals surface area contributed by atoms with Crippen LogP contribution in [-0.4, -0.2) is 45.0 Å². The van der Waals surface area contributed by atoms with Gasteiger partial charge in [-0.2, -0.15) is 4.31 Å². The lowest BCUT2D eigenvalue weighted by Crippen LogP contribution is -2.33. The van der Waals surface area contributed by atoms with Crippen LogP contribution in [0, 0.1) is 0 Å². The van der Waals surface area contributed by atoms with Crippen molar-refractivity contribution in [2.75, 3.05) is 32.2 Å². The molecule has 1 aliphatic heterocycles. The second kappa shape index (κ2) is 8.03. The van der Waals surface area contributed by atoms with Crippen LogP contribution in [0.4, 0.5) is 0 Å². The van der Waals surface area contributed by atoms with Crippen molar-refractivity contribution in [2.24, 2.45) is 0 Å². The van der Waals surface area contributed by atoms with Crippen LogP contribution in [0.1, 0.15) is 6.42 Å². The standard InChI is InChI=1S/C16H21NO5S/c1-3-8-17(9-4-2)23(18,19)11-5-10-20-14-6-7-15-16(12-14)22-13-21-15/h3-4,6-7,12H,1-2,5,8-11,13H2. The van der Waals surface area contributed by atoms with E-state index in [4.69, 9.17) is 14.2 Å². The molecule has 6 nitrogen and oxygen atoms in total. The number of hydrogen-bond acceptors (Lipinski definition) is 5. The maximum atomic E-state index is 12.2. The number of hydrogen-bond donors (Lipinski definition) is 0. The number of nitrogens with zero attached hydrogens (tertiary/aromatic N) is 1. The number of sulfonamides is 1. The van der Waals surface area contributed by atoms with E-state index in [2.05, 4.69) is 13.2 Å². The Morgan fingerprint density at radius 2 is 1.87 bits per heavy atom. The monoisotopic (exact) mass is 339 g/mol. The molecule has 1 aromatic rings. The molecule has 0 atom stereocenters. The van der Waals surface area contributed by atoms with Gasteiger partial charge in [-0.05, 0) is 18.6 Å². The minimum Gasteiger partial charge on any atom is -0.493 e. The van der Waals surface area contributed by atoms with Gasteiger partial charge in [0.25, 0.3) is 0 Å². The summed E-state index contributed by atoms with van der Waals surface area (Å²) in [5.74, 6) is 1.96. The normalized spacial score (nSPS) is 13.1. The summed E-state index contributed by atoms with van der Waals surface area (Å²) in [5, 5.41) is 0. The maximum absolute atomic E-state index is 12.2. The lowest BCUT2D eigenvalue weighted by Gasteiger charge is -2.18. The molecule has 0 fully saturated rings. The van der Waals surface area contributed by atoms with E-state index in [0.29, 0.717) is 30.3 Å². The molecule has 1 aromatic carbocycles. The molecule has 1 aliphatic rings. The van der Waals surface area contributed by atoms with Crippen molar-refractivity contribution < 1.29 is 22.6 Å². The number of benzene rings is 1. The van der Waals surface area contributed by atoms with E-state index in [1.807, 2.05) is 0 Å². The third-order valence-corrected chi connectivity index (χ3v) is 5.11. The molecule has 126 valence electrons. The Morgan fingerprint density at radius 3 is 2.57 bits per heavy atom. The van der Waals surface area contributed by atoms with Gasteiger partial charge in [0.1, 0.15) is 5.75 Å². The Balaban J connectivity index is 1.82. The van der Waals surface area contributed by atoms with E-state index >= 15 is 0 Å². The van der Waals surface area contributed by atoms with Crippen LogP contribution < -0.4 is 14.2 Å². The van der Waals surface area contributed by atoms with E-state index < -0.39 is 10.0 Å². The molecule has 2 rings (SSSR count). The molecule has 0 aliphatic carbocycles. The zero-order chi connectivity index (χ0) is 16.7. The van der Waals surface area contributed by atoms with Crippen LogP contribution in [-0.2, 0) is 10.0 Å². The molecule has 0 amide bonds. The van der Waals surface area contributed by atoms with Crippen molar-refractivity contribution in [3.05, 3.63) is 43.5 Å². The van der Waals surface area contributed by atoms with Crippen molar-refractivity contribution >= 4 is 10.0 Å². The quantitative estimate of drug-likeness (QED) is 0.483. The third-order valence-electron chi connectivity index (χ3n) is 3.22. The molecule has 0 N–H and O–H groups in total. The van der Waals surface area contributed by atoms with Gasteiger partial charge in [-0.25, -0.2) is 8.42 Å². The SMILES string of the molecule is C=CCN(CC=C)S(=O)(=O)CCCOc1ccc2c(c1)OCO2. The molecule has 0 saturated carbocycles.